The minimum atomic E-state index is -0.153. The van der Waals surface area contributed by atoms with Crippen molar-refractivity contribution in [2.24, 2.45) is 0 Å². The Bertz CT molecular complexity index is 871. The predicted octanol–water partition coefficient (Wildman–Crippen LogP) is 2.81. The summed E-state index contributed by atoms with van der Waals surface area (Å²) in [6.07, 6.45) is 4.63. The van der Waals surface area contributed by atoms with E-state index in [2.05, 4.69) is 50.6 Å². The molecule has 2 aromatic heterocycles. The summed E-state index contributed by atoms with van der Waals surface area (Å²) in [5.41, 5.74) is 1.67. The lowest BCUT2D eigenvalue weighted by atomic mass is 10.1. The summed E-state index contributed by atoms with van der Waals surface area (Å²) in [4.78, 5) is 12.3. The van der Waals surface area contributed by atoms with Crippen molar-refractivity contribution in [2.75, 3.05) is 19.6 Å². The lowest BCUT2D eigenvalue weighted by Crippen LogP contribution is -2.29. The van der Waals surface area contributed by atoms with E-state index in [1.165, 1.54) is 15.6 Å². The maximum absolute atomic E-state index is 12.3. The Morgan fingerprint density at radius 3 is 2.96 bits per heavy atom. The van der Waals surface area contributed by atoms with Crippen LogP contribution in [0.3, 0.4) is 0 Å². The molecule has 3 heterocycles. The number of halogens is 1. The van der Waals surface area contributed by atoms with Gasteiger partial charge in [0.15, 0.2) is 5.69 Å². The lowest BCUT2D eigenvalue weighted by Gasteiger charge is -2.22. The van der Waals surface area contributed by atoms with E-state index < -0.39 is 0 Å². The first-order valence-electron chi connectivity index (χ1n) is 8.67. The third kappa shape index (κ3) is 4.06. The molecule has 0 spiro atoms. The summed E-state index contributed by atoms with van der Waals surface area (Å²) in [5.74, 6) is -0.153. The number of nitrogens with one attached hydrogen (secondary N) is 2. The predicted molar refractivity (Wildman–Crippen MR) is 106 cm³/mol. The largest absolute Gasteiger partial charge is 0.350 e. The quantitative estimate of drug-likeness (QED) is 0.701. The smallest absolute Gasteiger partial charge is 0.273 e. The van der Waals surface area contributed by atoms with E-state index in [1.54, 1.807) is 17.5 Å². The highest BCUT2D eigenvalue weighted by Crippen LogP contribution is 2.25. The molecule has 0 aliphatic carbocycles. The Morgan fingerprint density at radius 1 is 1.31 bits per heavy atom. The number of amides is 1. The first kappa shape index (κ1) is 18.8. The van der Waals surface area contributed by atoms with Crippen molar-refractivity contribution in [2.45, 2.75) is 25.3 Å². The fourth-order valence-corrected chi connectivity index (χ4v) is 4.26. The van der Waals surface area contributed by atoms with Gasteiger partial charge in [0.25, 0.3) is 5.91 Å². The van der Waals surface area contributed by atoms with Crippen LogP contribution >= 0.6 is 23.7 Å². The van der Waals surface area contributed by atoms with Crippen LogP contribution in [0.5, 0.6) is 0 Å². The average Bonchev–Trinajstić information content (AvgIpc) is 3.30. The molecule has 138 valence electrons. The van der Waals surface area contributed by atoms with E-state index in [4.69, 9.17) is 0 Å². The van der Waals surface area contributed by atoms with Crippen molar-refractivity contribution < 1.29 is 4.79 Å². The van der Waals surface area contributed by atoms with Crippen molar-refractivity contribution in [3.63, 3.8) is 0 Å². The molecule has 3 aromatic rings. The molecule has 0 radical (unpaired) electrons. The second kappa shape index (κ2) is 8.62. The van der Waals surface area contributed by atoms with Gasteiger partial charge in [-0.3, -0.25) is 4.79 Å². The van der Waals surface area contributed by atoms with Gasteiger partial charge in [-0.25, -0.2) is 4.68 Å². The number of carbonyl (C=O) groups is 1. The highest BCUT2D eigenvalue weighted by Gasteiger charge is 2.18. The summed E-state index contributed by atoms with van der Waals surface area (Å²) < 4.78 is 3.12. The molecule has 8 heteroatoms. The normalized spacial score (nSPS) is 14.9. The summed E-state index contributed by atoms with van der Waals surface area (Å²) in [6, 6.07) is 8.70. The molecule has 2 N–H and O–H groups in total. The number of piperidine rings is 1. The molecule has 26 heavy (non-hydrogen) atoms. The molecule has 1 saturated heterocycles. The number of hydrogen-bond donors (Lipinski definition) is 2. The summed E-state index contributed by atoms with van der Waals surface area (Å²) in [5, 5.41) is 17.9. The van der Waals surface area contributed by atoms with Crippen LogP contribution in [-0.4, -0.2) is 40.5 Å². The van der Waals surface area contributed by atoms with Gasteiger partial charge in [0, 0.05) is 11.2 Å². The number of carbonyl (C=O) groups excluding carboxylic acids is 1. The highest BCUT2D eigenvalue weighted by molar-refractivity contribution is 7.17. The number of fused-ring (bicyclic) bond motifs is 1. The van der Waals surface area contributed by atoms with Crippen LogP contribution in [0, 0.1) is 0 Å². The first-order chi connectivity index (χ1) is 12.3. The molecular weight excluding hydrogens is 370 g/mol. The van der Waals surface area contributed by atoms with Crippen molar-refractivity contribution in [1.82, 2.24) is 25.6 Å². The van der Waals surface area contributed by atoms with E-state index in [9.17, 15) is 4.79 Å². The molecule has 1 aliphatic heterocycles. The van der Waals surface area contributed by atoms with Crippen molar-refractivity contribution >= 4 is 39.7 Å². The monoisotopic (exact) mass is 391 g/mol. The molecular formula is C18H22ClN5OS. The molecule has 1 amide bonds. The van der Waals surface area contributed by atoms with Gasteiger partial charge in [0.05, 0.1) is 12.2 Å². The van der Waals surface area contributed by atoms with Gasteiger partial charge >= 0.3 is 0 Å². The van der Waals surface area contributed by atoms with E-state index in [1.807, 2.05) is 4.68 Å². The number of aromatic nitrogens is 3. The van der Waals surface area contributed by atoms with Crippen LogP contribution in [0.4, 0.5) is 0 Å². The molecule has 1 aromatic carbocycles. The fourth-order valence-electron chi connectivity index (χ4n) is 3.26. The minimum absolute atomic E-state index is 0. The topological polar surface area (TPSA) is 71.8 Å². The zero-order chi connectivity index (χ0) is 17.1. The van der Waals surface area contributed by atoms with Crippen LogP contribution in [0.2, 0.25) is 0 Å². The van der Waals surface area contributed by atoms with Gasteiger partial charge in [-0.05, 0) is 54.7 Å². The first-order valence-corrected chi connectivity index (χ1v) is 9.55. The maximum atomic E-state index is 12.3. The average molecular weight is 392 g/mol. The molecule has 1 fully saturated rings. The van der Waals surface area contributed by atoms with Crippen LogP contribution < -0.4 is 10.6 Å². The number of rotatable bonds is 5. The summed E-state index contributed by atoms with van der Waals surface area (Å²) >= 11 is 1.74. The van der Waals surface area contributed by atoms with Crippen molar-refractivity contribution in [1.29, 1.82) is 0 Å². The van der Waals surface area contributed by atoms with Gasteiger partial charge in [-0.15, -0.1) is 28.8 Å². The van der Waals surface area contributed by atoms with Gasteiger partial charge < -0.3 is 10.6 Å². The SMILES string of the molecule is Cl.O=C(NCCc1csc2ccccc12)c1cn(C2CCNCC2)nn1. The molecule has 0 unspecified atom stereocenters. The van der Waals surface area contributed by atoms with Crippen molar-refractivity contribution in [3.05, 3.63) is 47.1 Å². The van der Waals surface area contributed by atoms with Crippen LogP contribution in [0.1, 0.15) is 34.9 Å². The number of nitrogens with zero attached hydrogens (tertiary/aromatic N) is 3. The van der Waals surface area contributed by atoms with Crippen LogP contribution in [-0.2, 0) is 6.42 Å². The van der Waals surface area contributed by atoms with Gasteiger partial charge in [-0.1, -0.05) is 23.4 Å². The molecule has 6 nitrogen and oxygen atoms in total. The Balaban J connectivity index is 0.00000196. The summed E-state index contributed by atoms with van der Waals surface area (Å²) in [7, 11) is 0. The molecule has 0 atom stereocenters. The number of benzene rings is 1. The molecule has 0 saturated carbocycles. The highest BCUT2D eigenvalue weighted by atomic mass is 35.5. The van der Waals surface area contributed by atoms with Crippen LogP contribution in [0.15, 0.2) is 35.8 Å². The summed E-state index contributed by atoms with van der Waals surface area (Å²) in [6.45, 7) is 2.57. The zero-order valence-corrected chi connectivity index (χ0v) is 16.0. The Kier molecular flexibility index (Phi) is 6.24. The molecule has 0 bridgehead atoms. The maximum Gasteiger partial charge on any atom is 0.273 e. The zero-order valence-electron chi connectivity index (χ0n) is 14.4. The Morgan fingerprint density at radius 2 is 2.12 bits per heavy atom. The van der Waals surface area contributed by atoms with Gasteiger partial charge in [0.1, 0.15) is 0 Å². The van der Waals surface area contributed by atoms with Crippen LogP contribution in [0.25, 0.3) is 10.1 Å². The van der Waals surface area contributed by atoms with E-state index >= 15 is 0 Å². The van der Waals surface area contributed by atoms with Gasteiger partial charge in [0.2, 0.25) is 0 Å². The van der Waals surface area contributed by atoms with E-state index in [0.717, 1.165) is 32.4 Å². The second-order valence-electron chi connectivity index (χ2n) is 6.33. The third-order valence-corrected chi connectivity index (χ3v) is 5.68. The lowest BCUT2D eigenvalue weighted by molar-refractivity contribution is 0.0949. The Hall–Kier alpha value is -1.96. The van der Waals surface area contributed by atoms with E-state index in [-0.39, 0.29) is 18.3 Å². The fraction of sp³-hybridized carbons (Fsp3) is 0.389. The van der Waals surface area contributed by atoms with Gasteiger partial charge in [-0.2, -0.15) is 0 Å². The second-order valence-corrected chi connectivity index (χ2v) is 7.24. The number of thiophene rings is 1. The molecule has 1 aliphatic rings. The standard InChI is InChI=1S/C18H21N5OS.ClH/c24-18(16-11-23(22-21-16)14-6-8-19-9-7-14)20-10-5-13-12-25-17-4-2-1-3-15(13)17;/h1-4,11-12,14,19H,5-10H2,(H,20,24);1H. The Labute approximate surface area is 162 Å². The molecule has 4 rings (SSSR count). The third-order valence-electron chi connectivity index (χ3n) is 4.67. The van der Waals surface area contributed by atoms with Crippen molar-refractivity contribution in [3.8, 4) is 0 Å². The number of hydrogen-bond acceptors (Lipinski definition) is 5. The minimum Gasteiger partial charge on any atom is -0.350 e. The van der Waals surface area contributed by atoms with E-state index in [0.29, 0.717) is 18.3 Å².